The van der Waals surface area contributed by atoms with Crippen LogP contribution >= 0.6 is 22.9 Å². The predicted octanol–water partition coefficient (Wildman–Crippen LogP) is 4.84. The molecule has 1 unspecified atom stereocenters. The third-order valence-corrected chi connectivity index (χ3v) is 5.56. The minimum Gasteiger partial charge on any atom is -0.330 e. The second-order valence-electron chi connectivity index (χ2n) is 5.98. The quantitative estimate of drug-likeness (QED) is 0.663. The van der Waals surface area contributed by atoms with Crippen molar-refractivity contribution in [1.82, 2.24) is 14.9 Å². The molecule has 3 heterocycles. The van der Waals surface area contributed by atoms with Gasteiger partial charge in [-0.3, -0.25) is 9.78 Å². The zero-order valence-corrected chi connectivity index (χ0v) is 15.0. The molecule has 1 aliphatic rings. The highest BCUT2D eigenvalue weighted by molar-refractivity contribution is 7.13. The minimum absolute atomic E-state index is 0.00391. The lowest BCUT2D eigenvalue weighted by Crippen LogP contribution is -2.30. The molecule has 0 N–H and O–H groups in total. The summed E-state index contributed by atoms with van der Waals surface area (Å²) in [6.45, 7) is 0.764. The zero-order chi connectivity index (χ0) is 17.2. The van der Waals surface area contributed by atoms with Crippen LogP contribution < -0.4 is 0 Å². The van der Waals surface area contributed by atoms with Crippen molar-refractivity contribution in [3.63, 3.8) is 0 Å². The molecule has 0 spiro atoms. The standard InChI is InChI=1S/C19H16ClN3OS/c20-15-5-3-14(4-6-15)18-22-16(12-25-18)19(24)23-11-1-2-17(23)13-7-9-21-10-8-13/h3-10,12,17H,1-2,11H2. The molecule has 1 fully saturated rings. The van der Waals surface area contributed by atoms with Gasteiger partial charge in [-0.05, 0) is 42.7 Å². The fraction of sp³-hybridized carbons (Fsp3) is 0.211. The van der Waals surface area contributed by atoms with Gasteiger partial charge in [0.25, 0.3) is 5.91 Å². The van der Waals surface area contributed by atoms with Gasteiger partial charge in [0, 0.05) is 34.9 Å². The lowest BCUT2D eigenvalue weighted by Gasteiger charge is -2.24. The van der Waals surface area contributed by atoms with E-state index >= 15 is 0 Å². The first kappa shape index (κ1) is 16.2. The summed E-state index contributed by atoms with van der Waals surface area (Å²) in [6, 6.07) is 11.6. The SMILES string of the molecule is O=C(c1csc(-c2ccc(Cl)cc2)n1)N1CCCC1c1ccncc1. The number of carbonyl (C=O) groups excluding carboxylic acids is 1. The zero-order valence-electron chi connectivity index (χ0n) is 13.4. The number of benzene rings is 1. The van der Waals surface area contributed by atoms with Crippen LogP contribution in [0.2, 0.25) is 5.02 Å². The van der Waals surface area contributed by atoms with Gasteiger partial charge in [-0.2, -0.15) is 0 Å². The molecule has 4 nitrogen and oxygen atoms in total. The molecular weight excluding hydrogens is 354 g/mol. The number of halogens is 1. The number of likely N-dealkylation sites (tertiary alicyclic amines) is 1. The van der Waals surface area contributed by atoms with Crippen molar-refractivity contribution in [2.45, 2.75) is 18.9 Å². The van der Waals surface area contributed by atoms with Gasteiger partial charge >= 0.3 is 0 Å². The fourth-order valence-corrected chi connectivity index (χ4v) is 4.11. The number of nitrogens with zero attached hydrogens (tertiary/aromatic N) is 3. The first-order chi connectivity index (χ1) is 12.2. The Labute approximate surface area is 155 Å². The van der Waals surface area contributed by atoms with Crippen molar-refractivity contribution in [2.24, 2.45) is 0 Å². The van der Waals surface area contributed by atoms with Crippen LogP contribution in [0, 0.1) is 0 Å². The summed E-state index contributed by atoms with van der Waals surface area (Å²) in [5.41, 5.74) is 2.62. The summed E-state index contributed by atoms with van der Waals surface area (Å²) in [5.74, 6) is -0.00391. The van der Waals surface area contributed by atoms with E-state index in [1.807, 2.05) is 46.7 Å². The number of amides is 1. The number of hydrogen-bond donors (Lipinski definition) is 0. The van der Waals surface area contributed by atoms with Gasteiger partial charge in [0.15, 0.2) is 0 Å². The van der Waals surface area contributed by atoms with Crippen LogP contribution in [-0.4, -0.2) is 27.3 Å². The van der Waals surface area contributed by atoms with Gasteiger partial charge in [-0.1, -0.05) is 23.7 Å². The smallest absolute Gasteiger partial charge is 0.273 e. The van der Waals surface area contributed by atoms with Gasteiger partial charge in [-0.25, -0.2) is 4.98 Å². The molecule has 1 saturated heterocycles. The summed E-state index contributed by atoms with van der Waals surface area (Å²) in [7, 11) is 0. The third kappa shape index (κ3) is 3.30. The van der Waals surface area contributed by atoms with Gasteiger partial charge in [0.05, 0.1) is 6.04 Å². The molecule has 126 valence electrons. The number of carbonyl (C=O) groups is 1. The summed E-state index contributed by atoms with van der Waals surface area (Å²) in [5, 5.41) is 3.36. The molecule has 1 atom stereocenters. The van der Waals surface area contributed by atoms with Gasteiger partial charge in [0.2, 0.25) is 0 Å². The highest BCUT2D eigenvalue weighted by Gasteiger charge is 2.31. The maximum absolute atomic E-state index is 13.0. The Morgan fingerprint density at radius 3 is 2.68 bits per heavy atom. The molecule has 3 aromatic rings. The molecule has 0 radical (unpaired) electrons. The molecule has 4 rings (SSSR count). The van der Waals surface area contributed by atoms with Crippen molar-refractivity contribution >= 4 is 28.8 Å². The molecule has 2 aromatic heterocycles. The Morgan fingerprint density at radius 1 is 1.16 bits per heavy atom. The Hall–Kier alpha value is -2.24. The first-order valence-electron chi connectivity index (χ1n) is 8.15. The van der Waals surface area contributed by atoms with Crippen LogP contribution in [0.15, 0.2) is 54.2 Å². The van der Waals surface area contributed by atoms with Crippen LogP contribution in [-0.2, 0) is 0 Å². The van der Waals surface area contributed by atoms with E-state index in [4.69, 9.17) is 11.6 Å². The summed E-state index contributed by atoms with van der Waals surface area (Å²) < 4.78 is 0. The van der Waals surface area contributed by atoms with E-state index < -0.39 is 0 Å². The van der Waals surface area contributed by atoms with E-state index in [1.54, 1.807) is 12.4 Å². The van der Waals surface area contributed by atoms with Crippen LogP contribution in [0.25, 0.3) is 10.6 Å². The van der Waals surface area contributed by atoms with E-state index in [0.29, 0.717) is 10.7 Å². The first-order valence-corrected chi connectivity index (χ1v) is 9.40. The second kappa shape index (κ2) is 6.94. The topological polar surface area (TPSA) is 46.1 Å². The largest absolute Gasteiger partial charge is 0.330 e. The van der Waals surface area contributed by atoms with Gasteiger partial charge < -0.3 is 4.90 Å². The van der Waals surface area contributed by atoms with Crippen LogP contribution in [0.1, 0.15) is 34.9 Å². The van der Waals surface area contributed by atoms with Crippen molar-refractivity contribution in [3.05, 3.63) is 70.5 Å². The average Bonchev–Trinajstić information content (AvgIpc) is 3.32. The van der Waals surface area contributed by atoms with Crippen molar-refractivity contribution in [3.8, 4) is 10.6 Å². The highest BCUT2D eigenvalue weighted by Crippen LogP contribution is 2.33. The Morgan fingerprint density at radius 2 is 1.92 bits per heavy atom. The fourth-order valence-electron chi connectivity index (χ4n) is 3.19. The molecule has 1 aliphatic heterocycles. The van der Waals surface area contributed by atoms with E-state index in [0.717, 1.165) is 35.5 Å². The summed E-state index contributed by atoms with van der Waals surface area (Å²) in [4.78, 5) is 23.5. The van der Waals surface area contributed by atoms with Gasteiger partial charge in [0.1, 0.15) is 10.7 Å². The molecule has 25 heavy (non-hydrogen) atoms. The molecule has 1 amide bonds. The van der Waals surface area contributed by atoms with Crippen molar-refractivity contribution in [2.75, 3.05) is 6.54 Å². The Balaban J connectivity index is 1.58. The minimum atomic E-state index is -0.00391. The molecule has 6 heteroatoms. The summed E-state index contributed by atoms with van der Waals surface area (Å²) >= 11 is 7.41. The Kier molecular flexibility index (Phi) is 4.51. The number of thiazole rings is 1. The van der Waals surface area contributed by atoms with Crippen molar-refractivity contribution in [1.29, 1.82) is 0 Å². The number of rotatable bonds is 3. The highest BCUT2D eigenvalue weighted by atomic mass is 35.5. The molecule has 0 aliphatic carbocycles. The van der Waals surface area contributed by atoms with Crippen LogP contribution in [0.3, 0.4) is 0 Å². The molecule has 1 aromatic carbocycles. The predicted molar refractivity (Wildman–Crippen MR) is 99.8 cm³/mol. The van der Waals surface area contributed by atoms with Crippen molar-refractivity contribution < 1.29 is 4.79 Å². The monoisotopic (exact) mass is 369 g/mol. The van der Waals surface area contributed by atoms with E-state index in [1.165, 1.54) is 11.3 Å². The molecular formula is C19H16ClN3OS. The normalized spacial score (nSPS) is 17.0. The number of hydrogen-bond acceptors (Lipinski definition) is 4. The Bertz CT molecular complexity index is 879. The maximum Gasteiger partial charge on any atom is 0.273 e. The van der Waals surface area contributed by atoms with E-state index in [9.17, 15) is 4.79 Å². The molecule has 0 saturated carbocycles. The maximum atomic E-state index is 13.0. The van der Waals surface area contributed by atoms with Crippen LogP contribution in [0.5, 0.6) is 0 Å². The second-order valence-corrected chi connectivity index (χ2v) is 7.28. The number of aromatic nitrogens is 2. The lowest BCUT2D eigenvalue weighted by molar-refractivity contribution is 0.0730. The number of pyridine rings is 1. The van der Waals surface area contributed by atoms with E-state index in [-0.39, 0.29) is 11.9 Å². The van der Waals surface area contributed by atoms with E-state index in [2.05, 4.69) is 9.97 Å². The van der Waals surface area contributed by atoms with Gasteiger partial charge in [-0.15, -0.1) is 11.3 Å². The third-order valence-electron chi connectivity index (χ3n) is 4.42. The van der Waals surface area contributed by atoms with Crippen LogP contribution in [0.4, 0.5) is 0 Å². The molecule has 0 bridgehead atoms. The lowest BCUT2D eigenvalue weighted by atomic mass is 10.1. The summed E-state index contributed by atoms with van der Waals surface area (Å²) in [6.07, 6.45) is 5.53. The average molecular weight is 370 g/mol.